The van der Waals surface area contributed by atoms with E-state index in [0.717, 1.165) is 53.6 Å². The molecule has 1 N–H and O–H groups in total. The summed E-state index contributed by atoms with van der Waals surface area (Å²) >= 11 is 2.16. The molecule has 2 aromatic heterocycles. The molecule has 0 bridgehead atoms. The standard InChI is InChI=1S/C38H52NSSi.C13H24O2.Ir/c1-9-29(10-2)41(30(11-3)12-4,31-19-14-13-15-20-31)37-26(5)32-22-23-39-35(36(32)40-37)28-24-27-18-16-17-21-33(27)34(25-28)38(6,7)8;1-5-10(6-2)12(14)9-13(15)11(7-3)8-4;/h16-18,21-23,25,29-31H,9-15,19-20H2,1-8H3;9-11,14H,5-8H2,1-4H3;/q-1;;/b;12-9-;. The number of aryl methyl sites for hydroxylation is 1. The molecule has 0 atom stereocenters. The molecule has 5 rings (SSSR count). The molecule has 4 aromatic rings. The van der Waals surface area contributed by atoms with E-state index in [4.69, 9.17) is 4.98 Å². The van der Waals surface area contributed by atoms with E-state index in [9.17, 15) is 9.90 Å². The van der Waals surface area contributed by atoms with Crippen molar-refractivity contribution in [2.24, 2.45) is 11.8 Å². The van der Waals surface area contributed by atoms with E-state index >= 15 is 0 Å². The quantitative estimate of drug-likeness (QED) is 0.0527. The Morgan fingerprint density at radius 1 is 0.842 bits per heavy atom. The van der Waals surface area contributed by atoms with E-state index in [1.807, 2.05) is 32.2 Å². The van der Waals surface area contributed by atoms with Crippen LogP contribution in [0.15, 0.2) is 54.4 Å². The van der Waals surface area contributed by atoms with Crippen LogP contribution in [-0.4, -0.2) is 23.9 Å². The third kappa shape index (κ3) is 10.6. The summed E-state index contributed by atoms with van der Waals surface area (Å²) in [6.45, 7) is 27.5. The zero-order chi connectivity index (χ0) is 41.2. The van der Waals surface area contributed by atoms with Gasteiger partial charge in [-0.1, -0.05) is 163 Å². The van der Waals surface area contributed by atoms with Crippen molar-refractivity contribution in [1.82, 2.24) is 4.98 Å². The minimum absolute atomic E-state index is 0. The number of thiophene rings is 1. The number of rotatable bonds is 16. The fourth-order valence-corrected chi connectivity index (χ4v) is 22.1. The molecule has 0 unspecified atom stereocenters. The summed E-state index contributed by atoms with van der Waals surface area (Å²) < 4.78 is 3.23. The summed E-state index contributed by atoms with van der Waals surface area (Å²) in [6.07, 6.45) is 19.4. The van der Waals surface area contributed by atoms with Crippen LogP contribution in [0.2, 0.25) is 16.6 Å². The Balaban J connectivity index is 0.000000464. The van der Waals surface area contributed by atoms with Crippen molar-refractivity contribution in [3.05, 3.63) is 71.6 Å². The molecule has 2 aromatic carbocycles. The minimum atomic E-state index is -1.89. The maximum Gasteiger partial charge on any atom is 0.162 e. The number of nitrogens with zero attached hydrogens (tertiary/aromatic N) is 1. The van der Waals surface area contributed by atoms with Gasteiger partial charge in [0.05, 0.1) is 5.76 Å². The van der Waals surface area contributed by atoms with Gasteiger partial charge in [-0.05, 0) is 76.2 Å². The third-order valence-electron chi connectivity index (χ3n) is 13.8. The van der Waals surface area contributed by atoms with Gasteiger partial charge in [0.2, 0.25) is 0 Å². The Labute approximate surface area is 366 Å². The van der Waals surface area contributed by atoms with Gasteiger partial charge in [-0.2, -0.15) is 11.3 Å². The van der Waals surface area contributed by atoms with Crippen molar-refractivity contribution in [2.75, 3.05) is 0 Å². The van der Waals surface area contributed by atoms with Crippen LogP contribution < -0.4 is 4.50 Å². The fraction of sp³-hybridized carbons (Fsp3) is 0.608. The predicted octanol–water partition coefficient (Wildman–Crippen LogP) is 15.8. The van der Waals surface area contributed by atoms with Crippen molar-refractivity contribution < 1.29 is 30.0 Å². The molecule has 1 aliphatic carbocycles. The first-order valence-electron chi connectivity index (χ1n) is 22.6. The fourth-order valence-electron chi connectivity index (χ4n) is 10.6. The van der Waals surface area contributed by atoms with Gasteiger partial charge < -0.3 is 5.11 Å². The van der Waals surface area contributed by atoms with Crippen LogP contribution in [0.5, 0.6) is 0 Å². The van der Waals surface area contributed by atoms with Crippen LogP contribution >= 0.6 is 11.3 Å². The number of hydrogen-bond acceptors (Lipinski definition) is 4. The Morgan fingerprint density at radius 2 is 1.40 bits per heavy atom. The molecule has 1 aliphatic rings. The van der Waals surface area contributed by atoms with Gasteiger partial charge in [0, 0.05) is 54.6 Å². The molecule has 0 spiro atoms. The summed E-state index contributed by atoms with van der Waals surface area (Å²) in [4.78, 5) is 16.8. The number of aromatic nitrogens is 1. The van der Waals surface area contributed by atoms with E-state index in [-0.39, 0.29) is 48.9 Å². The number of allylic oxidation sites excluding steroid dienone is 2. The maximum atomic E-state index is 11.7. The molecule has 6 heteroatoms. The van der Waals surface area contributed by atoms with Crippen LogP contribution in [0.25, 0.3) is 32.1 Å². The molecule has 1 fully saturated rings. The number of pyridine rings is 1. The van der Waals surface area contributed by atoms with Crippen molar-refractivity contribution in [2.45, 2.75) is 189 Å². The molecule has 3 nitrogen and oxygen atoms in total. The molecule has 57 heavy (non-hydrogen) atoms. The number of aliphatic hydroxyl groups excluding tert-OH is 1. The van der Waals surface area contributed by atoms with E-state index < -0.39 is 8.07 Å². The number of carbonyl (C=O) groups excluding carboxylic acids is 1. The van der Waals surface area contributed by atoms with Crippen molar-refractivity contribution >= 4 is 50.6 Å². The van der Waals surface area contributed by atoms with E-state index in [0.29, 0.717) is 0 Å². The SMILES string of the molecule is CCC(CC)C(=O)/C=C(\O)C(CC)CC.CCC(CC)[Si](c1sc2c(-c3[c-]c4ccccc4c(C(C)(C)C)c3)nccc2c1C)(C(CC)CC)C1CCCCC1.[Ir]. The second kappa shape index (κ2) is 22.5. The van der Waals surface area contributed by atoms with Gasteiger partial charge in [0.1, 0.15) is 8.07 Å². The number of carbonyl (C=O) groups is 1. The minimum Gasteiger partial charge on any atom is -0.512 e. The largest absolute Gasteiger partial charge is 0.512 e. The molecule has 0 aliphatic heterocycles. The van der Waals surface area contributed by atoms with Gasteiger partial charge in [-0.25, -0.2) is 0 Å². The molecule has 2 heterocycles. The molecular weight excluding hydrogens is 911 g/mol. The normalized spacial score (nSPS) is 14.5. The van der Waals surface area contributed by atoms with Crippen LogP contribution in [-0.2, 0) is 30.3 Å². The van der Waals surface area contributed by atoms with Crippen LogP contribution in [0.3, 0.4) is 0 Å². The van der Waals surface area contributed by atoms with E-state index in [2.05, 4.69) is 115 Å². The first kappa shape index (κ1) is 49.2. The van der Waals surface area contributed by atoms with Gasteiger partial charge in [0.15, 0.2) is 5.78 Å². The summed E-state index contributed by atoms with van der Waals surface area (Å²) in [6, 6.07) is 17.3. The summed E-state index contributed by atoms with van der Waals surface area (Å²) in [5.74, 6) is 0.547. The monoisotopic (exact) mass is 988 g/mol. The van der Waals surface area contributed by atoms with Crippen LogP contribution in [0, 0.1) is 24.8 Å². The second-order valence-electron chi connectivity index (χ2n) is 17.8. The summed E-state index contributed by atoms with van der Waals surface area (Å²) in [7, 11) is -1.89. The molecule has 0 amide bonds. The van der Waals surface area contributed by atoms with Crippen LogP contribution in [0.4, 0.5) is 0 Å². The Bertz CT molecular complexity index is 1870. The van der Waals surface area contributed by atoms with Gasteiger partial charge in [0.25, 0.3) is 0 Å². The number of benzene rings is 2. The molecule has 317 valence electrons. The van der Waals surface area contributed by atoms with Crippen molar-refractivity contribution in [3.8, 4) is 11.3 Å². The predicted molar refractivity (Wildman–Crippen MR) is 250 cm³/mol. The first-order valence-corrected chi connectivity index (χ1v) is 25.7. The molecule has 1 radical (unpaired) electrons. The smallest absolute Gasteiger partial charge is 0.162 e. The van der Waals surface area contributed by atoms with Gasteiger partial charge in [-0.3, -0.25) is 9.78 Å². The molecule has 1 saturated carbocycles. The van der Waals surface area contributed by atoms with Gasteiger partial charge >= 0.3 is 0 Å². The zero-order valence-corrected chi connectivity index (χ0v) is 42.0. The number of aliphatic hydroxyl groups is 1. The third-order valence-corrected chi connectivity index (χ3v) is 23.7. The summed E-state index contributed by atoms with van der Waals surface area (Å²) in [5, 5.41) is 13.7. The molecular formula is C51H76IrNO2SSi-. The molecule has 0 saturated heterocycles. The van der Waals surface area contributed by atoms with Crippen molar-refractivity contribution in [3.63, 3.8) is 0 Å². The average Bonchev–Trinajstić information content (AvgIpc) is 3.54. The van der Waals surface area contributed by atoms with E-state index in [1.54, 1.807) is 5.56 Å². The van der Waals surface area contributed by atoms with Crippen LogP contribution in [0.1, 0.15) is 171 Å². The maximum absolute atomic E-state index is 11.7. The summed E-state index contributed by atoms with van der Waals surface area (Å²) in [5.41, 5.74) is 7.91. The number of hydrogen-bond donors (Lipinski definition) is 1. The zero-order valence-electron chi connectivity index (χ0n) is 37.7. The van der Waals surface area contributed by atoms with Crippen molar-refractivity contribution in [1.29, 1.82) is 0 Å². The first-order chi connectivity index (χ1) is 26.8. The van der Waals surface area contributed by atoms with Gasteiger partial charge in [-0.15, -0.1) is 29.1 Å². The number of ketones is 1. The topological polar surface area (TPSA) is 50.2 Å². The Morgan fingerprint density at radius 3 is 1.93 bits per heavy atom. The Kier molecular flexibility index (Phi) is 19.4. The number of fused-ring (bicyclic) bond motifs is 2. The second-order valence-corrected chi connectivity index (χ2v) is 24.0. The average molecular weight is 988 g/mol. The Hall–Kier alpha value is -2.11. The van der Waals surface area contributed by atoms with E-state index in [1.165, 1.54) is 90.3 Å².